The topological polar surface area (TPSA) is 41.6 Å². The van der Waals surface area contributed by atoms with Gasteiger partial charge in [-0.05, 0) is 58.6 Å². The van der Waals surface area contributed by atoms with E-state index in [1.807, 2.05) is 52.2 Å². The first-order valence-corrected chi connectivity index (χ1v) is 7.46. The van der Waals surface area contributed by atoms with Crippen molar-refractivity contribution >= 4 is 27.5 Å². The highest BCUT2D eigenvalue weighted by atomic mass is 79.9. The highest BCUT2D eigenvalue weighted by Crippen LogP contribution is 2.20. The van der Waals surface area contributed by atoms with Crippen molar-refractivity contribution in [1.82, 2.24) is 4.90 Å². The molecule has 0 atom stereocenters. The van der Waals surface area contributed by atoms with E-state index in [4.69, 9.17) is 4.74 Å². The van der Waals surface area contributed by atoms with Gasteiger partial charge in [0.1, 0.15) is 5.75 Å². The highest BCUT2D eigenvalue weighted by Gasteiger charge is 2.23. The average Bonchev–Trinajstić information content (AvgIpc) is 2.35. The molecule has 0 spiro atoms. The fourth-order valence-electron chi connectivity index (χ4n) is 1.49. The van der Waals surface area contributed by atoms with E-state index >= 15 is 0 Å². The van der Waals surface area contributed by atoms with Gasteiger partial charge in [-0.25, -0.2) is 0 Å². The number of benzene rings is 1. The van der Waals surface area contributed by atoms with E-state index in [0.29, 0.717) is 6.61 Å². The summed E-state index contributed by atoms with van der Waals surface area (Å²) in [4.78, 5) is 13.9. The van der Waals surface area contributed by atoms with E-state index < -0.39 is 4.32 Å². The summed E-state index contributed by atoms with van der Waals surface area (Å²) in [6, 6.07) is 7.43. The zero-order valence-corrected chi connectivity index (χ0v) is 14.2. The molecule has 0 unspecified atom stereocenters. The fourth-order valence-corrected chi connectivity index (χ4v) is 1.58. The van der Waals surface area contributed by atoms with Crippen molar-refractivity contribution in [2.75, 3.05) is 32.6 Å². The number of hydrogen-bond donors (Lipinski definition) is 1. The van der Waals surface area contributed by atoms with Gasteiger partial charge in [-0.1, -0.05) is 15.9 Å². The Labute approximate surface area is 129 Å². The van der Waals surface area contributed by atoms with Gasteiger partial charge in [-0.15, -0.1) is 0 Å². The second-order valence-corrected chi connectivity index (χ2v) is 7.44. The third kappa shape index (κ3) is 6.39. The first-order valence-electron chi connectivity index (χ1n) is 6.67. The summed E-state index contributed by atoms with van der Waals surface area (Å²) < 4.78 is 5.06. The van der Waals surface area contributed by atoms with Gasteiger partial charge in [0, 0.05) is 12.2 Å². The molecule has 1 amide bonds. The maximum atomic E-state index is 11.8. The van der Waals surface area contributed by atoms with Crippen molar-refractivity contribution in [2.24, 2.45) is 0 Å². The summed E-state index contributed by atoms with van der Waals surface area (Å²) in [7, 11) is 4.09. The number of anilines is 1. The molecule has 1 aromatic rings. The van der Waals surface area contributed by atoms with E-state index in [1.54, 1.807) is 0 Å². The fraction of sp³-hybridized carbons (Fsp3) is 0.533. The quantitative estimate of drug-likeness (QED) is 0.611. The molecule has 4 nitrogen and oxygen atoms in total. The number of nitrogens with one attached hydrogen (secondary N) is 1. The molecule has 1 rings (SSSR count). The summed E-state index contributed by atoms with van der Waals surface area (Å²) in [5.74, 6) is 0.747. The van der Waals surface area contributed by atoms with Crippen LogP contribution in [0.2, 0.25) is 0 Å². The number of halogens is 1. The van der Waals surface area contributed by atoms with Gasteiger partial charge in [-0.3, -0.25) is 4.79 Å². The molecular formula is C15H23BrN2O2. The Kier molecular flexibility index (Phi) is 6.49. The van der Waals surface area contributed by atoms with E-state index in [-0.39, 0.29) is 5.91 Å². The minimum absolute atomic E-state index is 0.0721. The van der Waals surface area contributed by atoms with Crippen molar-refractivity contribution in [3.8, 4) is 5.75 Å². The largest absolute Gasteiger partial charge is 0.494 e. The van der Waals surface area contributed by atoms with Crippen LogP contribution in [0.25, 0.3) is 0 Å². The molecule has 0 radical (unpaired) electrons. The molecule has 0 fully saturated rings. The van der Waals surface area contributed by atoms with Crippen LogP contribution in [0.15, 0.2) is 24.3 Å². The molecule has 0 aliphatic rings. The van der Waals surface area contributed by atoms with Gasteiger partial charge >= 0.3 is 0 Å². The second kappa shape index (κ2) is 7.64. The van der Waals surface area contributed by atoms with Crippen molar-refractivity contribution in [3.05, 3.63) is 24.3 Å². The molecule has 0 heterocycles. The Hall–Kier alpha value is -1.07. The third-order valence-corrected chi connectivity index (χ3v) is 3.03. The molecule has 0 aliphatic heterocycles. The Morgan fingerprint density at radius 2 is 1.90 bits per heavy atom. The Balaban J connectivity index is 2.42. The molecule has 20 heavy (non-hydrogen) atoms. The summed E-state index contributed by atoms with van der Waals surface area (Å²) in [5.41, 5.74) is 0.767. The van der Waals surface area contributed by atoms with Crippen LogP contribution >= 0.6 is 15.9 Å². The van der Waals surface area contributed by atoms with Crippen LogP contribution in [0.1, 0.15) is 20.3 Å². The van der Waals surface area contributed by atoms with Crippen molar-refractivity contribution in [2.45, 2.75) is 24.6 Å². The van der Waals surface area contributed by atoms with E-state index in [9.17, 15) is 4.79 Å². The number of ether oxygens (including phenoxy) is 1. The number of nitrogens with zero attached hydrogens (tertiary/aromatic N) is 1. The molecule has 0 aromatic heterocycles. The lowest BCUT2D eigenvalue weighted by atomic mass is 10.2. The molecule has 112 valence electrons. The van der Waals surface area contributed by atoms with E-state index in [0.717, 1.165) is 24.4 Å². The Morgan fingerprint density at radius 3 is 2.40 bits per heavy atom. The second-order valence-electron chi connectivity index (χ2n) is 5.46. The maximum Gasteiger partial charge on any atom is 0.240 e. The van der Waals surface area contributed by atoms with Gasteiger partial charge in [0.15, 0.2) is 0 Å². The van der Waals surface area contributed by atoms with Crippen molar-refractivity contribution < 1.29 is 9.53 Å². The molecule has 0 aliphatic carbocycles. The normalized spacial score (nSPS) is 11.5. The van der Waals surface area contributed by atoms with Gasteiger partial charge in [0.25, 0.3) is 0 Å². The predicted octanol–water partition coefficient (Wildman–Crippen LogP) is 3.13. The smallest absolute Gasteiger partial charge is 0.240 e. The zero-order chi connectivity index (χ0) is 15.2. The zero-order valence-electron chi connectivity index (χ0n) is 12.6. The van der Waals surface area contributed by atoms with E-state index in [1.165, 1.54) is 0 Å². The minimum Gasteiger partial charge on any atom is -0.494 e. The summed E-state index contributed by atoms with van der Waals surface area (Å²) in [6.45, 7) is 5.32. The van der Waals surface area contributed by atoms with Crippen LogP contribution in [0, 0.1) is 0 Å². The monoisotopic (exact) mass is 342 g/mol. The standard InChI is InChI=1S/C15H23BrN2O2/c1-15(2,16)14(19)17-12-6-8-13(9-7-12)20-11-5-10-18(3)4/h6-9H,5,10-11H2,1-4H3,(H,17,19). The number of rotatable bonds is 7. The lowest BCUT2D eigenvalue weighted by Gasteiger charge is -2.16. The average molecular weight is 343 g/mol. The SMILES string of the molecule is CN(C)CCCOc1ccc(NC(=O)C(C)(C)Br)cc1. The molecule has 0 bridgehead atoms. The van der Waals surface area contributed by atoms with Crippen LogP contribution in [-0.2, 0) is 4.79 Å². The maximum absolute atomic E-state index is 11.8. The molecule has 5 heteroatoms. The minimum atomic E-state index is -0.575. The lowest BCUT2D eigenvalue weighted by molar-refractivity contribution is -0.117. The first-order chi connectivity index (χ1) is 9.29. The van der Waals surface area contributed by atoms with Crippen LogP contribution in [0.3, 0.4) is 0 Å². The van der Waals surface area contributed by atoms with Crippen LogP contribution in [0.4, 0.5) is 5.69 Å². The van der Waals surface area contributed by atoms with Gasteiger partial charge in [0.2, 0.25) is 5.91 Å². The number of amides is 1. The summed E-state index contributed by atoms with van der Waals surface area (Å²) >= 11 is 3.33. The number of carbonyl (C=O) groups is 1. The highest BCUT2D eigenvalue weighted by molar-refractivity contribution is 9.10. The Morgan fingerprint density at radius 1 is 1.30 bits per heavy atom. The van der Waals surface area contributed by atoms with Crippen molar-refractivity contribution in [1.29, 1.82) is 0 Å². The summed E-state index contributed by atoms with van der Waals surface area (Å²) in [6.07, 6.45) is 0.989. The molecular weight excluding hydrogens is 320 g/mol. The lowest BCUT2D eigenvalue weighted by Crippen LogP contribution is -2.30. The predicted molar refractivity (Wildman–Crippen MR) is 86.7 cm³/mol. The molecule has 1 aromatic carbocycles. The third-order valence-electron chi connectivity index (χ3n) is 2.67. The van der Waals surface area contributed by atoms with Crippen LogP contribution < -0.4 is 10.1 Å². The molecule has 0 saturated heterocycles. The molecule has 0 saturated carbocycles. The van der Waals surface area contributed by atoms with Crippen LogP contribution in [0.5, 0.6) is 5.75 Å². The number of hydrogen-bond acceptors (Lipinski definition) is 3. The van der Waals surface area contributed by atoms with Crippen LogP contribution in [-0.4, -0.2) is 42.4 Å². The van der Waals surface area contributed by atoms with Gasteiger partial charge < -0.3 is 15.0 Å². The van der Waals surface area contributed by atoms with E-state index in [2.05, 4.69) is 26.1 Å². The molecule has 1 N–H and O–H groups in total. The van der Waals surface area contributed by atoms with Crippen molar-refractivity contribution in [3.63, 3.8) is 0 Å². The summed E-state index contributed by atoms with van der Waals surface area (Å²) in [5, 5.41) is 2.84. The van der Waals surface area contributed by atoms with Gasteiger partial charge in [0.05, 0.1) is 10.9 Å². The van der Waals surface area contributed by atoms with Gasteiger partial charge in [-0.2, -0.15) is 0 Å². The number of carbonyl (C=O) groups excluding carboxylic acids is 1. The number of alkyl halides is 1. The Bertz CT molecular complexity index is 424. The first kappa shape index (κ1) is 17.0.